The molecular weight excluding hydrogens is 164 g/mol. The van der Waals surface area contributed by atoms with Gasteiger partial charge in [0.1, 0.15) is 0 Å². The highest BCUT2D eigenvalue weighted by atomic mass is 16.2. The van der Waals surface area contributed by atoms with Crippen LogP contribution in [0.15, 0.2) is 12.7 Å². The lowest BCUT2D eigenvalue weighted by Gasteiger charge is -2.20. The lowest BCUT2D eigenvalue weighted by Crippen LogP contribution is -2.39. The SMILES string of the molecule is C=CCNC1CC(=O)N2CCCC12. The number of nitrogens with one attached hydrogen (secondary N) is 1. The number of hydrogen-bond acceptors (Lipinski definition) is 2. The van der Waals surface area contributed by atoms with E-state index in [2.05, 4.69) is 11.9 Å². The average molecular weight is 180 g/mol. The van der Waals surface area contributed by atoms with Crippen molar-refractivity contribution in [1.29, 1.82) is 0 Å². The molecule has 2 atom stereocenters. The second-order valence-corrected chi connectivity index (χ2v) is 3.80. The highest BCUT2D eigenvalue weighted by Gasteiger charge is 2.41. The van der Waals surface area contributed by atoms with Gasteiger partial charge in [-0.05, 0) is 12.8 Å². The Kier molecular flexibility index (Phi) is 2.36. The first-order valence-electron chi connectivity index (χ1n) is 4.96. The van der Waals surface area contributed by atoms with Crippen molar-refractivity contribution in [2.24, 2.45) is 0 Å². The normalized spacial score (nSPS) is 32.3. The Labute approximate surface area is 78.8 Å². The van der Waals surface area contributed by atoms with Crippen LogP contribution in [0.3, 0.4) is 0 Å². The average Bonchev–Trinajstić information content (AvgIpc) is 2.67. The molecule has 2 saturated heterocycles. The molecule has 0 bridgehead atoms. The number of hydrogen-bond donors (Lipinski definition) is 1. The molecule has 2 fully saturated rings. The Bertz CT molecular complexity index is 227. The van der Waals surface area contributed by atoms with Crippen LogP contribution in [0.4, 0.5) is 0 Å². The number of fused-ring (bicyclic) bond motifs is 1. The van der Waals surface area contributed by atoms with E-state index >= 15 is 0 Å². The highest BCUT2D eigenvalue weighted by Crippen LogP contribution is 2.28. The summed E-state index contributed by atoms with van der Waals surface area (Å²) in [6.45, 7) is 5.44. The second kappa shape index (κ2) is 3.50. The smallest absolute Gasteiger partial charge is 0.224 e. The van der Waals surface area contributed by atoms with E-state index in [0.717, 1.165) is 13.1 Å². The molecule has 1 N–H and O–H groups in total. The first-order valence-corrected chi connectivity index (χ1v) is 4.96. The third-order valence-electron chi connectivity index (χ3n) is 3.00. The van der Waals surface area contributed by atoms with Gasteiger partial charge < -0.3 is 10.2 Å². The Morgan fingerprint density at radius 3 is 3.31 bits per heavy atom. The molecule has 3 heteroatoms. The summed E-state index contributed by atoms with van der Waals surface area (Å²) in [6, 6.07) is 0.834. The summed E-state index contributed by atoms with van der Waals surface area (Å²) in [4.78, 5) is 13.5. The van der Waals surface area contributed by atoms with Gasteiger partial charge in [0.05, 0.1) is 0 Å². The fourth-order valence-electron chi connectivity index (χ4n) is 2.40. The lowest BCUT2D eigenvalue weighted by atomic mass is 10.1. The van der Waals surface area contributed by atoms with Gasteiger partial charge in [0, 0.05) is 31.6 Å². The van der Waals surface area contributed by atoms with Crippen molar-refractivity contribution in [3.05, 3.63) is 12.7 Å². The van der Waals surface area contributed by atoms with Gasteiger partial charge in [-0.3, -0.25) is 4.79 Å². The first kappa shape index (κ1) is 8.75. The minimum Gasteiger partial charge on any atom is -0.338 e. The molecule has 3 nitrogen and oxygen atoms in total. The van der Waals surface area contributed by atoms with Crippen molar-refractivity contribution >= 4 is 5.91 Å². The van der Waals surface area contributed by atoms with Crippen molar-refractivity contribution in [3.8, 4) is 0 Å². The van der Waals surface area contributed by atoms with Crippen LogP contribution in [0.5, 0.6) is 0 Å². The monoisotopic (exact) mass is 180 g/mol. The van der Waals surface area contributed by atoms with Gasteiger partial charge in [-0.1, -0.05) is 6.08 Å². The third kappa shape index (κ3) is 1.48. The minimum atomic E-state index is 0.323. The van der Waals surface area contributed by atoms with Crippen molar-refractivity contribution < 1.29 is 4.79 Å². The van der Waals surface area contributed by atoms with E-state index in [1.165, 1.54) is 12.8 Å². The molecule has 2 rings (SSSR count). The van der Waals surface area contributed by atoms with Crippen molar-refractivity contribution in [2.75, 3.05) is 13.1 Å². The van der Waals surface area contributed by atoms with E-state index in [1.807, 2.05) is 11.0 Å². The number of amides is 1. The van der Waals surface area contributed by atoms with Gasteiger partial charge in [0.25, 0.3) is 0 Å². The Morgan fingerprint density at radius 2 is 2.54 bits per heavy atom. The maximum Gasteiger partial charge on any atom is 0.224 e. The molecule has 13 heavy (non-hydrogen) atoms. The standard InChI is InChI=1S/C10H16N2O/c1-2-5-11-8-7-10(13)12-6-3-4-9(8)12/h2,8-9,11H,1,3-7H2. The zero-order valence-corrected chi connectivity index (χ0v) is 7.83. The van der Waals surface area contributed by atoms with Crippen molar-refractivity contribution in [1.82, 2.24) is 10.2 Å². The highest BCUT2D eigenvalue weighted by molar-refractivity contribution is 5.80. The summed E-state index contributed by atoms with van der Waals surface area (Å²) in [5.74, 6) is 0.323. The molecule has 0 radical (unpaired) electrons. The fraction of sp³-hybridized carbons (Fsp3) is 0.700. The largest absolute Gasteiger partial charge is 0.338 e. The third-order valence-corrected chi connectivity index (χ3v) is 3.00. The van der Waals surface area contributed by atoms with E-state index in [1.54, 1.807) is 0 Å². The Hall–Kier alpha value is -0.830. The zero-order chi connectivity index (χ0) is 9.26. The van der Waals surface area contributed by atoms with Crippen molar-refractivity contribution in [2.45, 2.75) is 31.3 Å². The first-order chi connectivity index (χ1) is 6.33. The molecule has 2 unspecified atom stereocenters. The van der Waals surface area contributed by atoms with Gasteiger partial charge >= 0.3 is 0 Å². The summed E-state index contributed by atoms with van der Waals surface area (Å²) >= 11 is 0. The second-order valence-electron chi connectivity index (χ2n) is 3.80. The molecule has 72 valence electrons. The van der Waals surface area contributed by atoms with Crippen LogP contribution in [0, 0.1) is 0 Å². The van der Waals surface area contributed by atoms with Crippen LogP contribution in [-0.2, 0) is 4.79 Å². The van der Waals surface area contributed by atoms with Crippen LogP contribution in [-0.4, -0.2) is 36.0 Å². The molecule has 2 aliphatic rings. The maximum absolute atomic E-state index is 11.5. The van der Waals surface area contributed by atoms with Gasteiger partial charge in [0.2, 0.25) is 5.91 Å². The minimum absolute atomic E-state index is 0.323. The van der Waals surface area contributed by atoms with Crippen LogP contribution < -0.4 is 5.32 Å². The van der Waals surface area contributed by atoms with Crippen LogP contribution in [0.1, 0.15) is 19.3 Å². The topological polar surface area (TPSA) is 32.3 Å². The van der Waals surface area contributed by atoms with E-state index in [4.69, 9.17) is 0 Å². The zero-order valence-electron chi connectivity index (χ0n) is 7.83. The fourth-order valence-corrected chi connectivity index (χ4v) is 2.40. The molecule has 0 aromatic rings. The predicted octanol–water partition coefficient (Wildman–Crippen LogP) is 0.525. The van der Waals surface area contributed by atoms with Crippen molar-refractivity contribution in [3.63, 3.8) is 0 Å². The molecule has 1 amide bonds. The lowest BCUT2D eigenvalue weighted by molar-refractivity contribution is -0.127. The van der Waals surface area contributed by atoms with Gasteiger partial charge in [0.15, 0.2) is 0 Å². The van der Waals surface area contributed by atoms with Crippen LogP contribution in [0.2, 0.25) is 0 Å². The van der Waals surface area contributed by atoms with E-state index in [-0.39, 0.29) is 0 Å². The molecule has 0 aliphatic carbocycles. The number of carbonyl (C=O) groups excluding carboxylic acids is 1. The quantitative estimate of drug-likeness (QED) is 0.642. The summed E-state index contributed by atoms with van der Waals surface area (Å²) < 4.78 is 0. The van der Waals surface area contributed by atoms with Crippen LogP contribution >= 0.6 is 0 Å². The summed E-state index contributed by atoms with van der Waals surface area (Å²) in [5, 5.41) is 3.35. The number of nitrogens with zero attached hydrogens (tertiary/aromatic N) is 1. The number of carbonyl (C=O) groups is 1. The summed E-state index contributed by atoms with van der Waals surface area (Å²) in [5.41, 5.74) is 0. The van der Waals surface area contributed by atoms with Gasteiger partial charge in [-0.25, -0.2) is 0 Å². The molecule has 0 spiro atoms. The van der Waals surface area contributed by atoms with E-state index < -0.39 is 0 Å². The summed E-state index contributed by atoms with van der Waals surface area (Å²) in [7, 11) is 0. The van der Waals surface area contributed by atoms with Gasteiger partial charge in [-0.2, -0.15) is 0 Å². The molecule has 0 saturated carbocycles. The van der Waals surface area contributed by atoms with E-state index in [9.17, 15) is 4.79 Å². The van der Waals surface area contributed by atoms with Gasteiger partial charge in [-0.15, -0.1) is 6.58 Å². The molecule has 0 aromatic carbocycles. The van der Waals surface area contributed by atoms with E-state index in [0.29, 0.717) is 24.4 Å². The summed E-state index contributed by atoms with van der Waals surface area (Å²) in [6.07, 6.45) is 4.86. The molecule has 2 aliphatic heterocycles. The maximum atomic E-state index is 11.5. The predicted molar refractivity (Wildman–Crippen MR) is 51.3 cm³/mol. The Balaban J connectivity index is 1.97. The number of rotatable bonds is 3. The molecule has 2 heterocycles. The van der Waals surface area contributed by atoms with Crippen LogP contribution in [0.25, 0.3) is 0 Å². The molecule has 0 aromatic heterocycles. The molecular formula is C10H16N2O. The Morgan fingerprint density at radius 1 is 1.69 bits per heavy atom.